The second-order valence-electron chi connectivity index (χ2n) is 9.01. The fourth-order valence-corrected chi connectivity index (χ4v) is 6.27. The summed E-state index contributed by atoms with van der Waals surface area (Å²) in [7, 11) is 0. The molecule has 3 saturated carbocycles. The highest BCUT2D eigenvalue weighted by molar-refractivity contribution is 5.21. The molecule has 3 aliphatic carbocycles. The van der Waals surface area contributed by atoms with E-state index in [-0.39, 0.29) is 23.0 Å². The first-order chi connectivity index (χ1) is 10.8. The molecule has 4 N–H and O–H groups in total. The number of nitrogens with two attached hydrogens (primary N) is 1. The van der Waals surface area contributed by atoms with Crippen molar-refractivity contribution in [2.45, 2.75) is 77.4 Å². The van der Waals surface area contributed by atoms with Gasteiger partial charge in [0.2, 0.25) is 0 Å². The Morgan fingerprint density at radius 3 is 2.57 bits per heavy atom. The average molecular weight is 322 g/mol. The number of fused-ring (bicyclic) bond motifs is 1. The van der Waals surface area contributed by atoms with Crippen LogP contribution < -0.4 is 5.73 Å². The van der Waals surface area contributed by atoms with Crippen LogP contribution in [0, 0.1) is 28.6 Å². The first-order valence-corrected chi connectivity index (χ1v) is 9.57. The number of aliphatic hydroxyl groups excluding tert-OH is 2. The smallest absolute Gasteiger partial charge is 0.0610 e. The summed E-state index contributed by atoms with van der Waals surface area (Å²) in [4.78, 5) is 0. The molecule has 3 aliphatic rings. The first kappa shape index (κ1) is 17.4. The largest absolute Gasteiger partial charge is 0.393 e. The van der Waals surface area contributed by atoms with Gasteiger partial charge in [-0.1, -0.05) is 26.0 Å². The van der Waals surface area contributed by atoms with Crippen LogP contribution in [0.15, 0.2) is 12.2 Å². The zero-order valence-corrected chi connectivity index (χ0v) is 14.9. The predicted molar refractivity (Wildman–Crippen MR) is 93.8 cm³/mol. The summed E-state index contributed by atoms with van der Waals surface area (Å²) >= 11 is 0. The van der Waals surface area contributed by atoms with Crippen LogP contribution in [0.4, 0.5) is 0 Å². The quantitative estimate of drug-likeness (QED) is 0.699. The van der Waals surface area contributed by atoms with Crippen molar-refractivity contribution in [1.29, 1.82) is 0 Å². The molecule has 3 nitrogen and oxygen atoms in total. The average Bonchev–Trinajstić information content (AvgIpc) is 2.80. The Kier molecular flexibility index (Phi) is 4.67. The van der Waals surface area contributed by atoms with Crippen LogP contribution in [0.2, 0.25) is 0 Å². The molecule has 0 aromatic carbocycles. The normalized spacial score (nSPS) is 50.8. The molecule has 0 aromatic heterocycles. The Balaban J connectivity index is 1.84. The van der Waals surface area contributed by atoms with Crippen molar-refractivity contribution < 1.29 is 10.2 Å². The minimum Gasteiger partial charge on any atom is -0.393 e. The van der Waals surface area contributed by atoms with Crippen molar-refractivity contribution >= 4 is 0 Å². The Bertz CT molecular complexity index is 465. The van der Waals surface area contributed by atoms with Crippen molar-refractivity contribution in [2.75, 3.05) is 6.54 Å². The number of allylic oxidation sites excluding steroid dienone is 1. The molecule has 0 bridgehead atoms. The summed E-state index contributed by atoms with van der Waals surface area (Å²) in [5.41, 5.74) is 7.47. The Morgan fingerprint density at radius 2 is 1.87 bits per heavy atom. The van der Waals surface area contributed by atoms with E-state index in [1.807, 2.05) is 0 Å². The van der Waals surface area contributed by atoms with Crippen LogP contribution >= 0.6 is 0 Å². The maximum atomic E-state index is 11.3. The molecule has 3 fully saturated rings. The maximum Gasteiger partial charge on any atom is 0.0610 e. The molecule has 3 heteroatoms. The van der Waals surface area contributed by atoms with Gasteiger partial charge in [0.15, 0.2) is 0 Å². The van der Waals surface area contributed by atoms with E-state index in [1.54, 1.807) is 0 Å². The standard InChI is InChI=1S/C20H35NO2/c1-13-4-5-16-18(23)17(7-10-19(13,16)2)20(3)9-6-15(22)12-14(20)8-11-21/h14-18,22-23H,1,4-12,21H2,2-3H3. The van der Waals surface area contributed by atoms with Gasteiger partial charge >= 0.3 is 0 Å². The zero-order valence-electron chi connectivity index (χ0n) is 14.9. The zero-order chi connectivity index (χ0) is 16.8. The highest BCUT2D eigenvalue weighted by Gasteiger charge is 2.56. The lowest BCUT2D eigenvalue weighted by Crippen LogP contribution is -2.53. The maximum absolute atomic E-state index is 11.3. The minimum atomic E-state index is -0.228. The summed E-state index contributed by atoms with van der Waals surface area (Å²) in [6.07, 6.45) is 7.70. The molecule has 7 unspecified atom stereocenters. The van der Waals surface area contributed by atoms with Crippen LogP contribution in [-0.4, -0.2) is 29.0 Å². The molecule has 0 radical (unpaired) electrons. The van der Waals surface area contributed by atoms with E-state index in [4.69, 9.17) is 5.73 Å². The van der Waals surface area contributed by atoms with Gasteiger partial charge in [0.25, 0.3) is 0 Å². The number of aliphatic hydroxyl groups is 2. The van der Waals surface area contributed by atoms with Crippen molar-refractivity contribution in [3.63, 3.8) is 0 Å². The van der Waals surface area contributed by atoms with Gasteiger partial charge < -0.3 is 15.9 Å². The number of rotatable bonds is 3. The third-order valence-corrected chi connectivity index (χ3v) is 8.05. The van der Waals surface area contributed by atoms with Gasteiger partial charge in [-0.2, -0.15) is 0 Å². The molecule has 0 amide bonds. The molecule has 0 spiro atoms. The minimum absolute atomic E-state index is 0.114. The summed E-state index contributed by atoms with van der Waals surface area (Å²) in [5.74, 6) is 1.15. The van der Waals surface area contributed by atoms with E-state index < -0.39 is 0 Å². The van der Waals surface area contributed by atoms with Crippen LogP contribution in [-0.2, 0) is 0 Å². The summed E-state index contributed by atoms with van der Waals surface area (Å²) < 4.78 is 0. The third-order valence-electron chi connectivity index (χ3n) is 8.05. The second kappa shape index (κ2) is 6.16. The molecule has 7 atom stereocenters. The molecule has 0 saturated heterocycles. The van der Waals surface area contributed by atoms with Gasteiger partial charge in [0.05, 0.1) is 12.2 Å². The molecule has 3 rings (SSSR count). The molecular formula is C20H35NO2. The highest BCUT2D eigenvalue weighted by atomic mass is 16.3. The van der Waals surface area contributed by atoms with E-state index >= 15 is 0 Å². The van der Waals surface area contributed by atoms with Crippen molar-refractivity contribution in [1.82, 2.24) is 0 Å². The summed E-state index contributed by atoms with van der Waals surface area (Å²) in [5, 5.41) is 21.4. The monoisotopic (exact) mass is 321 g/mol. The lowest BCUT2D eigenvalue weighted by atomic mass is 9.51. The first-order valence-electron chi connectivity index (χ1n) is 9.57. The molecule has 23 heavy (non-hydrogen) atoms. The lowest BCUT2D eigenvalue weighted by Gasteiger charge is -2.55. The van der Waals surface area contributed by atoms with Crippen molar-refractivity contribution in [3.8, 4) is 0 Å². The second-order valence-corrected chi connectivity index (χ2v) is 9.01. The van der Waals surface area contributed by atoms with Crippen LogP contribution in [0.5, 0.6) is 0 Å². The molecule has 0 aliphatic heterocycles. The fourth-order valence-electron chi connectivity index (χ4n) is 6.27. The third kappa shape index (κ3) is 2.69. The van der Waals surface area contributed by atoms with Gasteiger partial charge in [0.1, 0.15) is 0 Å². The van der Waals surface area contributed by atoms with E-state index in [1.165, 1.54) is 5.57 Å². The van der Waals surface area contributed by atoms with Gasteiger partial charge in [-0.15, -0.1) is 0 Å². The Morgan fingerprint density at radius 1 is 1.13 bits per heavy atom. The van der Waals surface area contributed by atoms with Gasteiger partial charge in [-0.25, -0.2) is 0 Å². The summed E-state index contributed by atoms with van der Waals surface area (Å²) in [6.45, 7) is 9.64. The molecule has 132 valence electrons. The van der Waals surface area contributed by atoms with E-state index in [0.29, 0.717) is 24.3 Å². The fraction of sp³-hybridized carbons (Fsp3) is 0.900. The van der Waals surface area contributed by atoms with Crippen LogP contribution in [0.25, 0.3) is 0 Å². The van der Waals surface area contributed by atoms with E-state index in [9.17, 15) is 10.2 Å². The topological polar surface area (TPSA) is 66.5 Å². The number of hydrogen-bond acceptors (Lipinski definition) is 3. The molecule has 0 aromatic rings. The predicted octanol–water partition coefficient (Wildman–Crippen LogP) is 3.25. The van der Waals surface area contributed by atoms with Crippen molar-refractivity contribution in [3.05, 3.63) is 12.2 Å². The SMILES string of the molecule is C=C1CCC2C(O)C(C3(C)CCC(O)CC3CCN)CCC12C. The van der Waals surface area contributed by atoms with E-state index in [0.717, 1.165) is 51.4 Å². The number of hydrogen-bond donors (Lipinski definition) is 3. The molecular weight excluding hydrogens is 286 g/mol. The lowest BCUT2D eigenvalue weighted by molar-refractivity contribution is -0.119. The highest BCUT2D eigenvalue weighted by Crippen LogP contribution is 2.61. The van der Waals surface area contributed by atoms with Crippen LogP contribution in [0.3, 0.4) is 0 Å². The molecule has 0 heterocycles. The van der Waals surface area contributed by atoms with Crippen LogP contribution in [0.1, 0.15) is 65.2 Å². The van der Waals surface area contributed by atoms with Gasteiger partial charge in [-0.05, 0) is 86.5 Å². The summed E-state index contributed by atoms with van der Waals surface area (Å²) in [6, 6.07) is 0. The Hall–Kier alpha value is -0.380. The van der Waals surface area contributed by atoms with Gasteiger partial charge in [0, 0.05) is 0 Å². The Labute approximate surface area is 141 Å². The van der Waals surface area contributed by atoms with Crippen molar-refractivity contribution in [2.24, 2.45) is 34.3 Å². The van der Waals surface area contributed by atoms with E-state index in [2.05, 4.69) is 20.4 Å². The van der Waals surface area contributed by atoms with Gasteiger partial charge in [-0.3, -0.25) is 0 Å².